The number of nitrogens with zero attached hydrogens (tertiary/aromatic N) is 2. The van der Waals surface area contributed by atoms with Crippen LogP contribution in [-0.2, 0) is 0 Å². The minimum Gasteiger partial charge on any atom is -0.493 e. The second kappa shape index (κ2) is 8.75. The van der Waals surface area contributed by atoms with Gasteiger partial charge in [-0.1, -0.05) is 6.92 Å². The van der Waals surface area contributed by atoms with Crippen molar-refractivity contribution in [3.05, 3.63) is 42.1 Å². The lowest BCUT2D eigenvalue weighted by Gasteiger charge is -2.36. The van der Waals surface area contributed by atoms with Crippen molar-refractivity contribution in [3.8, 4) is 11.5 Å². The molecular formula is C21H27N3O3. The molecule has 0 bridgehead atoms. The predicted octanol–water partition coefficient (Wildman–Crippen LogP) is 4.12. The number of nitrogens with one attached hydrogen (secondary N) is 1. The zero-order chi connectivity index (χ0) is 19.2. The maximum absolute atomic E-state index is 12.5. The van der Waals surface area contributed by atoms with Crippen molar-refractivity contribution < 1.29 is 14.3 Å². The Morgan fingerprint density at radius 2 is 2.00 bits per heavy atom. The Morgan fingerprint density at radius 3 is 2.67 bits per heavy atom. The number of aromatic nitrogens is 1. The van der Waals surface area contributed by atoms with Crippen LogP contribution in [0, 0.1) is 0 Å². The third kappa shape index (κ3) is 4.32. The minimum atomic E-state index is -0.213. The molecule has 2 heterocycles. The maximum Gasteiger partial charge on any atom is 0.255 e. The molecule has 0 spiro atoms. The van der Waals surface area contributed by atoms with Crippen molar-refractivity contribution in [2.75, 3.05) is 31.0 Å². The monoisotopic (exact) mass is 369 g/mol. The number of methoxy groups -OCH3 is 2. The molecule has 1 aromatic carbocycles. The van der Waals surface area contributed by atoms with Gasteiger partial charge < -0.3 is 19.7 Å². The van der Waals surface area contributed by atoms with Crippen molar-refractivity contribution >= 4 is 17.4 Å². The Hall–Kier alpha value is -2.76. The van der Waals surface area contributed by atoms with Gasteiger partial charge in [-0.3, -0.25) is 4.79 Å². The Kier molecular flexibility index (Phi) is 6.16. The second-order valence-electron chi connectivity index (χ2n) is 6.68. The molecule has 1 aromatic heterocycles. The van der Waals surface area contributed by atoms with E-state index >= 15 is 0 Å². The van der Waals surface area contributed by atoms with Gasteiger partial charge in [0.2, 0.25) is 0 Å². The van der Waals surface area contributed by atoms with Gasteiger partial charge in [-0.2, -0.15) is 0 Å². The highest BCUT2D eigenvalue weighted by molar-refractivity contribution is 6.04. The van der Waals surface area contributed by atoms with Crippen molar-refractivity contribution in [2.45, 2.75) is 38.6 Å². The molecule has 1 atom stereocenters. The summed E-state index contributed by atoms with van der Waals surface area (Å²) in [5, 5.41) is 2.89. The molecule has 144 valence electrons. The van der Waals surface area contributed by atoms with Crippen molar-refractivity contribution in [1.29, 1.82) is 0 Å². The second-order valence-corrected chi connectivity index (χ2v) is 6.68. The topological polar surface area (TPSA) is 63.7 Å². The molecule has 1 aliphatic rings. The molecule has 1 unspecified atom stereocenters. The normalized spacial score (nSPS) is 16.7. The number of hydrogen-bond acceptors (Lipinski definition) is 5. The first-order chi connectivity index (χ1) is 13.2. The van der Waals surface area contributed by atoms with Gasteiger partial charge in [-0.15, -0.1) is 0 Å². The molecule has 1 amide bonds. The Morgan fingerprint density at radius 1 is 1.19 bits per heavy atom. The van der Waals surface area contributed by atoms with Gasteiger partial charge in [0.15, 0.2) is 11.5 Å². The van der Waals surface area contributed by atoms with Crippen LogP contribution in [0.5, 0.6) is 11.5 Å². The number of ether oxygens (including phenoxy) is 2. The fourth-order valence-corrected chi connectivity index (χ4v) is 3.54. The van der Waals surface area contributed by atoms with Gasteiger partial charge in [0, 0.05) is 18.2 Å². The van der Waals surface area contributed by atoms with Crippen molar-refractivity contribution in [1.82, 2.24) is 4.98 Å². The number of carbonyl (C=O) groups excluding carboxylic acids is 1. The highest BCUT2D eigenvalue weighted by Crippen LogP contribution is 2.28. The molecule has 6 heteroatoms. The number of hydrogen-bond donors (Lipinski definition) is 1. The van der Waals surface area contributed by atoms with Crippen molar-refractivity contribution in [2.24, 2.45) is 0 Å². The van der Waals surface area contributed by atoms with Crippen LogP contribution in [0.2, 0.25) is 0 Å². The number of piperidine rings is 1. The van der Waals surface area contributed by atoms with E-state index in [2.05, 4.69) is 22.1 Å². The van der Waals surface area contributed by atoms with E-state index in [0.717, 1.165) is 18.8 Å². The van der Waals surface area contributed by atoms with E-state index in [9.17, 15) is 4.79 Å². The van der Waals surface area contributed by atoms with Crippen LogP contribution >= 0.6 is 0 Å². The summed E-state index contributed by atoms with van der Waals surface area (Å²) >= 11 is 0. The molecular weight excluding hydrogens is 342 g/mol. The lowest BCUT2D eigenvalue weighted by Crippen LogP contribution is -2.39. The smallest absolute Gasteiger partial charge is 0.255 e. The summed E-state index contributed by atoms with van der Waals surface area (Å²) in [4.78, 5) is 19.5. The summed E-state index contributed by atoms with van der Waals surface area (Å²) in [6, 6.07) is 9.53. The summed E-state index contributed by atoms with van der Waals surface area (Å²) < 4.78 is 10.5. The summed E-state index contributed by atoms with van der Waals surface area (Å²) in [5.74, 6) is 1.88. The van der Waals surface area contributed by atoms with Gasteiger partial charge in [0.25, 0.3) is 5.91 Å². The fraction of sp³-hybridized carbons (Fsp3) is 0.429. The predicted molar refractivity (Wildman–Crippen MR) is 107 cm³/mol. The molecule has 0 aliphatic carbocycles. The molecule has 0 saturated carbocycles. The van der Waals surface area contributed by atoms with E-state index in [1.807, 2.05) is 12.1 Å². The first-order valence-electron chi connectivity index (χ1n) is 9.42. The van der Waals surface area contributed by atoms with Crippen LogP contribution in [0.1, 0.15) is 43.0 Å². The van der Waals surface area contributed by atoms with Gasteiger partial charge in [0.05, 0.1) is 26.1 Å². The average Bonchev–Trinajstić information content (AvgIpc) is 2.73. The maximum atomic E-state index is 12.5. The quantitative estimate of drug-likeness (QED) is 0.830. The molecule has 1 aliphatic heterocycles. The first kappa shape index (κ1) is 19.0. The first-order valence-corrected chi connectivity index (χ1v) is 9.42. The van der Waals surface area contributed by atoms with E-state index in [0.29, 0.717) is 28.8 Å². The number of rotatable bonds is 6. The number of anilines is 2. The van der Waals surface area contributed by atoms with Crippen LogP contribution in [0.3, 0.4) is 0 Å². The van der Waals surface area contributed by atoms with Crippen LogP contribution in [0.15, 0.2) is 36.5 Å². The standard InChI is InChI=1S/C21H27N3O3/c1-4-17-7-5-6-12-24(17)20-11-9-16(14-22-20)23-21(25)15-8-10-18(26-2)19(13-15)27-3/h8-11,13-14,17H,4-7,12H2,1-3H3,(H,23,25). The number of carbonyl (C=O) groups is 1. The lowest BCUT2D eigenvalue weighted by atomic mass is 10.00. The van der Waals surface area contributed by atoms with Gasteiger partial charge >= 0.3 is 0 Å². The average molecular weight is 369 g/mol. The fourth-order valence-electron chi connectivity index (χ4n) is 3.54. The van der Waals surface area contributed by atoms with Crippen LogP contribution < -0.4 is 19.7 Å². The van der Waals surface area contributed by atoms with Crippen LogP contribution in [0.25, 0.3) is 0 Å². The molecule has 3 rings (SSSR count). The van der Waals surface area contributed by atoms with E-state index in [4.69, 9.17) is 9.47 Å². The highest BCUT2D eigenvalue weighted by atomic mass is 16.5. The molecule has 27 heavy (non-hydrogen) atoms. The molecule has 6 nitrogen and oxygen atoms in total. The van der Waals surface area contributed by atoms with Crippen LogP contribution in [0.4, 0.5) is 11.5 Å². The lowest BCUT2D eigenvalue weighted by molar-refractivity contribution is 0.102. The molecule has 1 saturated heterocycles. The Balaban J connectivity index is 1.70. The highest BCUT2D eigenvalue weighted by Gasteiger charge is 2.21. The molecule has 0 radical (unpaired) electrons. The third-order valence-electron chi connectivity index (χ3n) is 5.04. The van der Waals surface area contributed by atoms with Gasteiger partial charge in [0.1, 0.15) is 5.82 Å². The summed E-state index contributed by atoms with van der Waals surface area (Å²) in [6.07, 6.45) is 6.55. The largest absolute Gasteiger partial charge is 0.493 e. The summed E-state index contributed by atoms with van der Waals surface area (Å²) in [5.41, 5.74) is 1.17. The summed E-state index contributed by atoms with van der Waals surface area (Å²) in [6.45, 7) is 3.27. The van der Waals surface area contributed by atoms with Crippen molar-refractivity contribution in [3.63, 3.8) is 0 Å². The van der Waals surface area contributed by atoms with Gasteiger partial charge in [-0.25, -0.2) is 4.98 Å². The van der Waals surface area contributed by atoms with Crippen LogP contribution in [-0.4, -0.2) is 37.7 Å². The number of pyridine rings is 1. The minimum absolute atomic E-state index is 0.213. The Labute approximate surface area is 160 Å². The number of benzene rings is 1. The van der Waals surface area contributed by atoms with E-state index in [1.165, 1.54) is 19.3 Å². The SMILES string of the molecule is CCC1CCCCN1c1ccc(NC(=O)c2ccc(OC)c(OC)c2)cn1. The number of amides is 1. The third-order valence-corrected chi connectivity index (χ3v) is 5.04. The summed E-state index contributed by atoms with van der Waals surface area (Å²) in [7, 11) is 3.11. The molecule has 1 N–H and O–H groups in total. The van der Waals surface area contributed by atoms with E-state index < -0.39 is 0 Å². The van der Waals surface area contributed by atoms with E-state index in [1.54, 1.807) is 38.6 Å². The molecule has 1 fully saturated rings. The Bertz CT molecular complexity index is 777. The zero-order valence-electron chi connectivity index (χ0n) is 16.2. The van der Waals surface area contributed by atoms with Gasteiger partial charge in [-0.05, 0) is 56.0 Å². The zero-order valence-corrected chi connectivity index (χ0v) is 16.2. The molecule has 2 aromatic rings. The van der Waals surface area contributed by atoms with E-state index in [-0.39, 0.29) is 5.91 Å².